The first-order valence-electron chi connectivity index (χ1n) is 6.10. The molecule has 0 unspecified atom stereocenters. The fourth-order valence-corrected chi connectivity index (χ4v) is 3.23. The van der Waals surface area contributed by atoms with Crippen LogP contribution in [0.4, 0.5) is 5.69 Å². The van der Waals surface area contributed by atoms with Crippen LogP contribution in [0.15, 0.2) is 57.8 Å². The summed E-state index contributed by atoms with van der Waals surface area (Å²) >= 11 is 0. The van der Waals surface area contributed by atoms with E-state index in [1.807, 2.05) is 24.3 Å². The SMILES string of the molecule is NCc1ccc(NC2=NS(=O)(=O)c3ccccc32)cc1. The maximum atomic E-state index is 11.9. The summed E-state index contributed by atoms with van der Waals surface area (Å²) in [5.41, 5.74) is 7.91. The normalized spacial score (nSPS) is 15.6. The Bertz CT molecular complexity index is 780. The van der Waals surface area contributed by atoms with E-state index in [0.717, 1.165) is 11.3 Å². The van der Waals surface area contributed by atoms with Gasteiger partial charge in [0.1, 0.15) is 4.90 Å². The Labute approximate surface area is 117 Å². The number of nitrogens with one attached hydrogen (secondary N) is 1. The summed E-state index contributed by atoms with van der Waals surface area (Å²) in [6.07, 6.45) is 0. The van der Waals surface area contributed by atoms with Crippen molar-refractivity contribution in [3.05, 3.63) is 59.7 Å². The summed E-state index contributed by atoms with van der Waals surface area (Å²) < 4.78 is 27.6. The number of rotatable bonds is 2. The molecule has 20 heavy (non-hydrogen) atoms. The van der Waals surface area contributed by atoms with Crippen molar-refractivity contribution in [1.29, 1.82) is 0 Å². The number of hydrogen-bond donors (Lipinski definition) is 2. The molecule has 1 aliphatic heterocycles. The second kappa shape index (κ2) is 4.73. The number of hydrogen-bond acceptors (Lipinski definition) is 4. The minimum Gasteiger partial charge on any atom is -0.339 e. The van der Waals surface area contributed by atoms with Gasteiger partial charge < -0.3 is 11.1 Å². The topological polar surface area (TPSA) is 84.5 Å². The van der Waals surface area contributed by atoms with Crippen molar-refractivity contribution in [2.75, 3.05) is 5.32 Å². The molecule has 0 radical (unpaired) electrons. The van der Waals surface area contributed by atoms with Crippen LogP contribution in [0.1, 0.15) is 11.1 Å². The van der Waals surface area contributed by atoms with Gasteiger partial charge in [-0.2, -0.15) is 8.42 Å². The predicted molar refractivity (Wildman–Crippen MR) is 78.1 cm³/mol. The van der Waals surface area contributed by atoms with Crippen molar-refractivity contribution >= 4 is 21.5 Å². The van der Waals surface area contributed by atoms with Crippen molar-refractivity contribution in [2.45, 2.75) is 11.4 Å². The molecule has 2 aromatic rings. The molecule has 0 saturated carbocycles. The predicted octanol–water partition coefficient (Wildman–Crippen LogP) is 1.71. The van der Waals surface area contributed by atoms with E-state index >= 15 is 0 Å². The molecule has 0 spiro atoms. The van der Waals surface area contributed by atoms with Crippen LogP contribution in [0.3, 0.4) is 0 Å². The van der Waals surface area contributed by atoms with E-state index in [0.29, 0.717) is 17.9 Å². The number of amidine groups is 1. The highest BCUT2D eigenvalue weighted by molar-refractivity contribution is 7.90. The standard InChI is InChI=1S/C14H13N3O2S/c15-9-10-5-7-11(8-6-10)16-14-12-3-1-2-4-13(12)20(18,19)17-14/h1-8H,9,15H2,(H,16,17). The van der Waals surface area contributed by atoms with E-state index in [9.17, 15) is 8.42 Å². The summed E-state index contributed by atoms with van der Waals surface area (Å²) in [6, 6.07) is 14.2. The first-order chi connectivity index (χ1) is 9.60. The van der Waals surface area contributed by atoms with Crippen LogP contribution in [-0.4, -0.2) is 14.3 Å². The Kier molecular flexibility index (Phi) is 3.04. The highest BCUT2D eigenvalue weighted by Gasteiger charge is 2.28. The molecule has 5 nitrogen and oxygen atoms in total. The summed E-state index contributed by atoms with van der Waals surface area (Å²) in [7, 11) is -3.58. The Morgan fingerprint density at radius 1 is 1.05 bits per heavy atom. The molecule has 2 aromatic carbocycles. The molecule has 0 fully saturated rings. The Morgan fingerprint density at radius 3 is 2.45 bits per heavy atom. The van der Waals surface area contributed by atoms with E-state index in [-0.39, 0.29) is 4.90 Å². The van der Waals surface area contributed by atoms with Gasteiger partial charge in [-0.25, -0.2) is 0 Å². The fourth-order valence-electron chi connectivity index (χ4n) is 2.06. The van der Waals surface area contributed by atoms with Crippen LogP contribution >= 0.6 is 0 Å². The third-order valence-corrected chi connectivity index (χ3v) is 4.42. The van der Waals surface area contributed by atoms with Gasteiger partial charge in [-0.1, -0.05) is 24.3 Å². The Balaban J connectivity index is 1.95. The molecule has 6 heteroatoms. The van der Waals surface area contributed by atoms with Crippen molar-refractivity contribution in [1.82, 2.24) is 0 Å². The number of sulfonamides is 1. The third-order valence-electron chi connectivity index (χ3n) is 3.08. The zero-order valence-electron chi connectivity index (χ0n) is 10.6. The molecule has 1 heterocycles. The minimum absolute atomic E-state index is 0.237. The van der Waals surface area contributed by atoms with Crippen molar-refractivity contribution in [2.24, 2.45) is 10.1 Å². The molecule has 0 saturated heterocycles. The monoisotopic (exact) mass is 287 g/mol. The maximum Gasteiger partial charge on any atom is 0.285 e. The summed E-state index contributed by atoms with van der Waals surface area (Å²) in [6.45, 7) is 0.471. The molecular weight excluding hydrogens is 274 g/mol. The van der Waals surface area contributed by atoms with E-state index in [2.05, 4.69) is 9.71 Å². The molecule has 3 N–H and O–H groups in total. The zero-order chi connectivity index (χ0) is 14.2. The second-order valence-corrected chi connectivity index (χ2v) is 6.01. The van der Waals surface area contributed by atoms with Crippen molar-refractivity contribution < 1.29 is 8.42 Å². The molecule has 3 rings (SSSR count). The number of anilines is 1. The van der Waals surface area contributed by atoms with Gasteiger partial charge in [0, 0.05) is 17.8 Å². The zero-order valence-corrected chi connectivity index (χ0v) is 11.4. The highest BCUT2D eigenvalue weighted by Crippen LogP contribution is 2.26. The molecule has 0 aromatic heterocycles. The smallest absolute Gasteiger partial charge is 0.285 e. The number of benzene rings is 2. The Morgan fingerprint density at radius 2 is 1.75 bits per heavy atom. The number of nitrogens with zero attached hydrogens (tertiary/aromatic N) is 1. The van der Waals surface area contributed by atoms with Crippen LogP contribution in [0.2, 0.25) is 0 Å². The quantitative estimate of drug-likeness (QED) is 0.880. The maximum absolute atomic E-state index is 11.9. The lowest BCUT2D eigenvalue weighted by atomic mass is 10.2. The first-order valence-corrected chi connectivity index (χ1v) is 7.54. The van der Waals surface area contributed by atoms with Crippen molar-refractivity contribution in [3.63, 3.8) is 0 Å². The van der Waals surface area contributed by atoms with Gasteiger partial charge in [0.15, 0.2) is 5.84 Å². The van der Waals surface area contributed by atoms with Gasteiger partial charge in [0.05, 0.1) is 0 Å². The van der Waals surface area contributed by atoms with E-state index < -0.39 is 10.0 Å². The van der Waals surface area contributed by atoms with E-state index in [1.165, 1.54) is 0 Å². The molecule has 1 aliphatic rings. The average molecular weight is 287 g/mol. The minimum atomic E-state index is -3.58. The van der Waals surface area contributed by atoms with Crippen LogP contribution in [0.5, 0.6) is 0 Å². The summed E-state index contributed by atoms with van der Waals surface area (Å²) in [4.78, 5) is 0.237. The second-order valence-electron chi connectivity index (χ2n) is 4.44. The van der Waals surface area contributed by atoms with E-state index in [4.69, 9.17) is 5.73 Å². The van der Waals surface area contributed by atoms with Gasteiger partial charge in [0.2, 0.25) is 0 Å². The van der Waals surface area contributed by atoms with Crippen LogP contribution < -0.4 is 11.1 Å². The van der Waals surface area contributed by atoms with Gasteiger partial charge >= 0.3 is 0 Å². The Hall–Kier alpha value is -2.18. The molecule has 0 amide bonds. The number of fused-ring (bicyclic) bond motifs is 1. The molecular formula is C14H13N3O2S. The molecule has 0 aliphatic carbocycles. The van der Waals surface area contributed by atoms with Crippen molar-refractivity contribution in [3.8, 4) is 0 Å². The largest absolute Gasteiger partial charge is 0.339 e. The molecule has 102 valence electrons. The molecule has 0 bridgehead atoms. The molecule has 0 atom stereocenters. The first kappa shape index (κ1) is 12.8. The third kappa shape index (κ3) is 2.19. The van der Waals surface area contributed by atoms with Crippen LogP contribution in [-0.2, 0) is 16.6 Å². The van der Waals surface area contributed by atoms with Crippen LogP contribution in [0.25, 0.3) is 0 Å². The van der Waals surface area contributed by atoms with Crippen LogP contribution in [0, 0.1) is 0 Å². The van der Waals surface area contributed by atoms with Gasteiger partial charge in [-0.15, -0.1) is 4.40 Å². The average Bonchev–Trinajstić information content (AvgIpc) is 2.72. The van der Waals surface area contributed by atoms with Gasteiger partial charge in [-0.3, -0.25) is 0 Å². The number of nitrogens with two attached hydrogens (primary N) is 1. The van der Waals surface area contributed by atoms with Gasteiger partial charge in [0.25, 0.3) is 10.0 Å². The lowest BCUT2D eigenvalue weighted by Crippen LogP contribution is -2.11. The summed E-state index contributed by atoms with van der Waals surface area (Å²) in [5.74, 6) is 0.348. The van der Waals surface area contributed by atoms with Gasteiger partial charge in [-0.05, 0) is 29.8 Å². The lowest BCUT2D eigenvalue weighted by molar-refractivity contribution is 0.599. The fraction of sp³-hybridized carbons (Fsp3) is 0.0714. The highest BCUT2D eigenvalue weighted by atomic mass is 32.2. The lowest BCUT2D eigenvalue weighted by Gasteiger charge is -2.07. The summed E-state index contributed by atoms with van der Waals surface area (Å²) in [5, 5.41) is 3.03. The van der Waals surface area contributed by atoms with E-state index in [1.54, 1.807) is 24.3 Å².